The Morgan fingerprint density at radius 2 is 1.50 bits per heavy atom. The fourth-order valence-electron chi connectivity index (χ4n) is 4.39. The number of halogens is 1. The Hall–Kier alpha value is -3.35. The second kappa shape index (κ2) is 7.97. The van der Waals surface area contributed by atoms with Gasteiger partial charge in [-0.25, -0.2) is 9.96 Å². The number of carbonyl (C=O) groups is 2. The van der Waals surface area contributed by atoms with Gasteiger partial charge in [-0.05, 0) is 42.0 Å². The molecule has 3 atom stereocenters. The summed E-state index contributed by atoms with van der Waals surface area (Å²) >= 11 is 6.31. The van der Waals surface area contributed by atoms with Crippen molar-refractivity contribution < 1.29 is 14.4 Å². The molecule has 2 fully saturated rings. The minimum Gasteiger partial charge on any atom is -0.378 e. The molecule has 2 amide bonds. The predicted octanol–water partition coefficient (Wildman–Crippen LogP) is 4.46. The average molecular weight is 448 g/mol. The van der Waals surface area contributed by atoms with Crippen molar-refractivity contribution in [3.63, 3.8) is 0 Å². The zero-order valence-corrected chi connectivity index (χ0v) is 18.4. The number of nitrogens with zero attached hydrogens (tertiary/aromatic N) is 3. The van der Waals surface area contributed by atoms with Gasteiger partial charge in [0.05, 0.1) is 22.4 Å². The molecule has 5 rings (SSSR count). The van der Waals surface area contributed by atoms with Crippen LogP contribution in [0.1, 0.15) is 11.6 Å². The van der Waals surface area contributed by atoms with Gasteiger partial charge in [0.25, 0.3) is 5.91 Å². The smallest absolute Gasteiger partial charge is 0.266 e. The first kappa shape index (κ1) is 20.5. The van der Waals surface area contributed by atoms with Crippen molar-refractivity contribution in [1.29, 1.82) is 0 Å². The number of anilines is 3. The van der Waals surface area contributed by atoms with Crippen LogP contribution in [0.2, 0.25) is 5.02 Å². The molecule has 0 spiro atoms. The van der Waals surface area contributed by atoms with E-state index in [-0.39, 0.29) is 5.91 Å². The maximum Gasteiger partial charge on any atom is 0.266 e. The summed E-state index contributed by atoms with van der Waals surface area (Å²) in [5, 5.41) is 2.04. The van der Waals surface area contributed by atoms with E-state index in [4.69, 9.17) is 16.4 Å². The molecule has 0 bridgehead atoms. The summed E-state index contributed by atoms with van der Waals surface area (Å²) in [4.78, 5) is 36.3. The molecule has 0 radical (unpaired) electrons. The van der Waals surface area contributed by atoms with Crippen LogP contribution >= 0.6 is 11.6 Å². The predicted molar refractivity (Wildman–Crippen MR) is 125 cm³/mol. The molecular formula is C25H22ClN3O3. The SMILES string of the molecule is CN(C)c1ccc([C@H]2[C@@H]3C(=O)N(c4ccccc4Cl)C(=O)[C@@H]3ON2c2ccccc2)cc1. The molecule has 0 N–H and O–H groups in total. The van der Waals surface area contributed by atoms with Crippen molar-refractivity contribution in [3.8, 4) is 0 Å². The van der Waals surface area contributed by atoms with Gasteiger partial charge in [-0.3, -0.25) is 14.4 Å². The molecule has 3 aromatic rings. The lowest BCUT2D eigenvalue weighted by molar-refractivity contribution is -0.126. The molecule has 0 aliphatic carbocycles. The van der Waals surface area contributed by atoms with Gasteiger partial charge in [0, 0.05) is 19.8 Å². The molecular weight excluding hydrogens is 426 g/mol. The van der Waals surface area contributed by atoms with Gasteiger partial charge in [0.1, 0.15) is 5.92 Å². The van der Waals surface area contributed by atoms with Gasteiger partial charge >= 0.3 is 0 Å². The van der Waals surface area contributed by atoms with Crippen molar-refractivity contribution in [1.82, 2.24) is 0 Å². The summed E-state index contributed by atoms with van der Waals surface area (Å²) in [6.07, 6.45) is -0.919. The van der Waals surface area contributed by atoms with Crippen LogP contribution in [0, 0.1) is 5.92 Å². The third kappa shape index (κ3) is 3.23. The summed E-state index contributed by atoms with van der Waals surface area (Å²) in [5.74, 6) is -1.40. The number of carbonyl (C=O) groups excluding carboxylic acids is 2. The first-order valence-corrected chi connectivity index (χ1v) is 10.8. The zero-order valence-electron chi connectivity index (χ0n) is 17.7. The summed E-state index contributed by atoms with van der Waals surface area (Å²) in [6.45, 7) is 0. The van der Waals surface area contributed by atoms with Gasteiger partial charge in [-0.2, -0.15) is 0 Å². The third-order valence-electron chi connectivity index (χ3n) is 5.97. The largest absolute Gasteiger partial charge is 0.378 e. The van der Waals surface area contributed by atoms with Crippen LogP contribution in [0.4, 0.5) is 17.1 Å². The van der Waals surface area contributed by atoms with E-state index in [9.17, 15) is 9.59 Å². The molecule has 6 nitrogen and oxygen atoms in total. The first-order chi connectivity index (χ1) is 15.5. The average Bonchev–Trinajstić information content (AvgIpc) is 3.31. The highest BCUT2D eigenvalue weighted by molar-refractivity contribution is 6.36. The number of para-hydroxylation sites is 2. The second-order valence-corrected chi connectivity index (χ2v) is 8.51. The van der Waals surface area contributed by atoms with Crippen molar-refractivity contribution in [2.75, 3.05) is 29.0 Å². The van der Waals surface area contributed by atoms with Gasteiger partial charge in [-0.15, -0.1) is 0 Å². The van der Waals surface area contributed by atoms with E-state index in [1.54, 1.807) is 29.3 Å². The number of benzene rings is 3. The van der Waals surface area contributed by atoms with Gasteiger partial charge < -0.3 is 4.90 Å². The van der Waals surface area contributed by atoms with E-state index in [1.165, 1.54) is 4.90 Å². The number of fused-ring (bicyclic) bond motifs is 1. The number of imide groups is 1. The molecule has 2 aliphatic heterocycles. The molecule has 3 aromatic carbocycles. The minimum absolute atomic E-state index is 0.312. The van der Waals surface area contributed by atoms with Crippen molar-refractivity contribution >= 4 is 40.5 Å². The van der Waals surface area contributed by atoms with Crippen LogP contribution in [-0.4, -0.2) is 32.0 Å². The number of rotatable bonds is 4. The third-order valence-corrected chi connectivity index (χ3v) is 6.29. The highest BCUT2D eigenvalue weighted by Crippen LogP contribution is 2.48. The Bertz CT molecular complexity index is 1170. The lowest BCUT2D eigenvalue weighted by atomic mass is 9.90. The van der Waals surface area contributed by atoms with E-state index >= 15 is 0 Å². The summed E-state index contributed by atoms with van der Waals surface area (Å²) in [5.41, 5.74) is 3.11. The number of amides is 2. The topological polar surface area (TPSA) is 53.1 Å². The Morgan fingerprint density at radius 3 is 2.16 bits per heavy atom. The highest BCUT2D eigenvalue weighted by Gasteiger charge is 2.60. The van der Waals surface area contributed by atoms with Crippen LogP contribution < -0.4 is 14.9 Å². The van der Waals surface area contributed by atoms with E-state index in [0.717, 1.165) is 16.9 Å². The first-order valence-electron chi connectivity index (χ1n) is 10.4. The number of hydroxylamine groups is 1. The van der Waals surface area contributed by atoms with E-state index in [0.29, 0.717) is 10.7 Å². The summed E-state index contributed by atoms with van der Waals surface area (Å²) in [6, 6.07) is 23.9. The molecule has 7 heteroatoms. The van der Waals surface area contributed by atoms with Crippen LogP contribution in [0.25, 0.3) is 0 Å². The molecule has 2 saturated heterocycles. The van der Waals surface area contributed by atoms with E-state index in [1.807, 2.05) is 73.6 Å². The molecule has 0 saturated carbocycles. The Balaban J connectivity index is 1.58. The zero-order chi connectivity index (χ0) is 22.4. The Morgan fingerprint density at radius 1 is 0.844 bits per heavy atom. The fourth-order valence-corrected chi connectivity index (χ4v) is 4.61. The van der Waals surface area contributed by atoms with Crippen molar-refractivity contribution in [2.45, 2.75) is 12.1 Å². The molecule has 32 heavy (non-hydrogen) atoms. The Kier molecular flexibility index (Phi) is 5.12. The molecule has 0 unspecified atom stereocenters. The maximum absolute atomic E-state index is 13.6. The highest BCUT2D eigenvalue weighted by atomic mass is 35.5. The minimum atomic E-state index is -0.919. The normalized spacial score (nSPS) is 22.4. The van der Waals surface area contributed by atoms with Gasteiger partial charge in [-0.1, -0.05) is 54.1 Å². The van der Waals surface area contributed by atoms with Crippen LogP contribution in [0.15, 0.2) is 78.9 Å². The van der Waals surface area contributed by atoms with Crippen molar-refractivity contribution in [2.24, 2.45) is 5.92 Å². The lowest BCUT2D eigenvalue weighted by Gasteiger charge is -2.29. The van der Waals surface area contributed by atoms with Crippen LogP contribution in [0.5, 0.6) is 0 Å². The summed E-state index contributed by atoms with van der Waals surface area (Å²) in [7, 11) is 3.95. The fraction of sp³-hybridized carbons (Fsp3) is 0.200. The lowest BCUT2D eigenvalue weighted by Crippen LogP contribution is -2.37. The second-order valence-electron chi connectivity index (χ2n) is 8.11. The van der Waals surface area contributed by atoms with Gasteiger partial charge in [0.15, 0.2) is 6.10 Å². The molecule has 162 valence electrons. The summed E-state index contributed by atoms with van der Waals surface area (Å²) < 4.78 is 0. The number of hydrogen-bond acceptors (Lipinski definition) is 5. The standard InChI is InChI=1S/C25H22ClN3O3/c1-27(2)17-14-12-16(13-15-17)22-21-23(32-29(22)18-8-4-3-5-9-18)25(31)28(24(21)30)20-11-7-6-10-19(20)26/h3-15,21-23H,1-2H3/t21-,22-,23+/m0/s1. The quantitative estimate of drug-likeness (QED) is 0.553. The molecule has 2 heterocycles. The maximum atomic E-state index is 13.6. The van der Waals surface area contributed by atoms with Crippen LogP contribution in [-0.2, 0) is 14.4 Å². The van der Waals surface area contributed by atoms with Crippen molar-refractivity contribution in [3.05, 3.63) is 89.4 Å². The molecule has 0 aromatic heterocycles. The monoisotopic (exact) mass is 447 g/mol. The van der Waals surface area contributed by atoms with Gasteiger partial charge in [0.2, 0.25) is 5.91 Å². The van der Waals surface area contributed by atoms with E-state index < -0.39 is 24.0 Å². The Labute approximate surface area is 191 Å². The molecule has 2 aliphatic rings. The van der Waals surface area contributed by atoms with Crippen LogP contribution in [0.3, 0.4) is 0 Å². The number of hydrogen-bond donors (Lipinski definition) is 0. The van der Waals surface area contributed by atoms with E-state index in [2.05, 4.69) is 0 Å².